The van der Waals surface area contributed by atoms with Gasteiger partial charge in [0.15, 0.2) is 0 Å². The molecule has 0 aliphatic carbocycles. The summed E-state index contributed by atoms with van der Waals surface area (Å²) in [6.07, 6.45) is 1.11. The summed E-state index contributed by atoms with van der Waals surface area (Å²) in [7, 11) is 0. The van der Waals surface area contributed by atoms with E-state index in [4.69, 9.17) is 4.84 Å². The fourth-order valence-corrected chi connectivity index (χ4v) is 2.81. The van der Waals surface area contributed by atoms with E-state index in [2.05, 4.69) is 46.8 Å². The quantitative estimate of drug-likeness (QED) is 0.835. The van der Waals surface area contributed by atoms with Crippen molar-refractivity contribution < 1.29 is 9.63 Å². The second-order valence-electron chi connectivity index (χ2n) is 7.28. The Balaban J connectivity index is 2.34. The second-order valence-corrected chi connectivity index (χ2v) is 7.28. The zero-order chi connectivity index (χ0) is 15.6. The van der Waals surface area contributed by atoms with Crippen molar-refractivity contribution >= 4 is 5.97 Å². The molecule has 3 nitrogen and oxygen atoms in total. The normalized spacial score (nSPS) is 17.4. The number of hydroxylamine groups is 2. The number of nitrogens with zero attached hydrogens (tertiary/aromatic N) is 1. The third kappa shape index (κ3) is 3.65. The fraction of sp³-hybridized carbons (Fsp3) is 0.611. The molecule has 1 fully saturated rings. The Morgan fingerprint density at radius 2 is 1.71 bits per heavy atom. The van der Waals surface area contributed by atoms with E-state index < -0.39 is 0 Å². The summed E-state index contributed by atoms with van der Waals surface area (Å²) >= 11 is 0. The second kappa shape index (κ2) is 6.18. The van der Waals surface area contributed by atoms with Gasteiger partial charge in [0.1, 0.15) is 0 Å². The number of carbonyl (C=O) groups is 1. The number of rotatable bonds is 4. The molecule has 3 heteroatoms. The van der Waals surface area contributed by atoms with E-state index in [1.807, 2.05) is 12.1 Å². The third-order valence-corrected chi connectivity index (χ3v) is 4.06. The van der Waals surface area contributed by atoms with Crippen LogP contribution in [0, 0.1) is 5.41 Å². The van der Waals surface area contributed by atoms with Crippen molar-refractivity contribution in [2.24, 2.45) is 5.41 Å². The molecule has 0 spiro atoms. The highest BCUT2D eigenvalue weighted by Gasteiger charge is 2.37. The van der Waals surface area contributed by atoms with E-state index >= 15 is 0 Å². The highest BCUT2D eigenvalue weighted by molar-refractivity contribution is 5.79. The molecule has 1 aromatic rings. The van der Waals surface area contributed by atoms with E-state index in [1.54, 1.807) is 5.06 Å². The zero-order valence-corrected chi connectivity index (χ0v) is 13.8. The van der Waals surface area contributed by atoms with Crippen LogP contribution in [0.5, 0.6) is 0 Å². The molecule has 1 heterocycles. The summed E-state index contributed by atoms with van der Waals surface area (Å²) in [4.78, 5) is 18.3. The Morgan fingerprint density at radius 1 is 1.14 bits per heavy atom. The summed E-state index contributed by atoms with van der Waals surface area (Å²) < 4.78 is 0. The molecule has 0 N–H and O–H groups in total. The Hall–Kier alpha value is -1.35. The summed E-state index contributed by atoms with van der Waals surface area (Å²) in [5.41, 5.74) is 2.16. The molecule has 116 valence electrons. The van der Waals surface area contributed by atoms with Crippen LogP contribution >= 0.6 is 0 Å². The minimum absolute atomic E-state index is 0.129. The molecule has 0 amide bonds. The molecule has 0 bridgehead atoms. The van der Waals surface area contributed by atoms with Crippen LogP contribution < -0.4 is 0 Å². The number of carbonyl (C=O) groups excluding carboxylic acids is 1. The van der Waals surface area contributed by atoms with Gasteiger partial charge in [0.2, 0.25) is 0 Å². The van der Waals surface area contributed by atoms with Gasteiger partial charge in [-0.1, -0.05) is 58.9 Å². The van der Waals surface area contributed by atoms with Crippen LogP contribution in [0.2, 0.25) is 0 Å². The van der Waals surface area contributed by atoms with Gasteiger partial charge < -0.3 is 4.84 Å². The molecule has 0 radical (unpaired) electrons. The van der Waals surface area contributed by atoms with Gasteiger partial charge in [-0.05, 0) is 28.9 Å². The lowest BCUT2D eigenvalue weighted by molar-refractivity contribution is -0.211. The predicted molar refractivity (Wildman–Crippen MR) is 85.0 cm³/mol. The monoisotopic (exact) mass is 289 g/mol. The average Bonchev–Trinajstić information content (AvgIpc) is 2.33. The zero-order valence-electron chi connectivity index (χ0n) is 13.8. The van der Waals surface area contributed by atoms with Gasteiger partial charge in [-0.3, -0.25) is 0 Å². The van der Waals surface area contributed by atoms with Crippen molar-refractivity contribution in [3.63, 3.8) is 0 Å². The van der Waals surface area contributed by atoms with Crippen LogP contribution in [0.3, 0.4) is 0 Å². The molecule has 21 heavy (non-hydrogen) atoms. The first-order valence-corrected chi connectivity index (χ1v) is 7.86. The van der Waals surface area contributed by atoms with Crippen LogP contribution in [0.4, 0.5) is 0 Å². The molecule has 2 rings (SSSR count). The minimum atomic E-state index is -0.239. The predicted octanol–water partition coefficient (Wildman–Crippen LogP) is 4.10. The maximum atomic E-state index is 12.7. The molecular formula is C18H27NO2. The van der Waals surface area contributed by atoms with Gasteiger partial charge in [0.05, 0.1) is 5.92 Å². The van der Waals surface area contributed by atoms with E-state index in [0.29, 0.717) is 5.92 Å². The summed E-state index contributed by atoms with van der Waals surface area (Å²) in [6, 6.07) is 8.24. The highest BCUT2D eigenvalue weighted by Crippen LogP contribution is 2.39. The van der Waals surface area contributed by atoms with Gasteiger partial charge in [-0.15, -0.1) is 5.06 Å². The third-order valence-electron chi connectivity index (χ3n) is 4.06. The lowest BCUT2D eigenvalue weighted by Gasteiger charge is -2.35. The number of hydrogen-bond donors (Lipinski definition) is 0. The fourth-order valence-electron chi connectivity index (χ4n) is 2.81. The van der Waals surface area contributed by atoms with Crippen LogP contribution in [0.15, 0.2) is 24.3 Å². The Bertz CT molecular complexity index is 498. The van der Waals surface area contributed by atoms with Gasteiger partial charge >= 0.3 is 5.97 Å². The molecule has 1 atom stereocenters. The van der Waals surface area contributed by atoms with Gasteiger partial charge in [0.25, 0.3) is 0 Å². The molecular weight excluding hydrogens is 262 g/mol. The van der Waals surface area contributed by atoms with Crippen molar-refractivity contribution in [1.82, 2.24) is 5.06 Å². The first-order chi connectivity index (χ1) is 9.80. The van der Waals surface area contributed by atoms with Crippen LogP contribution in [0.25, 0.3) is 0 Å². The SMILES string of the molecule is CC(C)c1ccccc1C(C(=O)ON1CCC1)C(C)(C)C. The molecule has 0 aromatic heterocycles. The maximum absolute atomic E-state index is 12.7. The van der Waals surface area contributed by atoms with Crippen molar-refractivity contribution in [3.8, 4) is 0 Å². The highest BCUT2D eigenvalue weighted by atomic mass is 16.7. The van der Waals surface area contributed by atoms with Crippen molar-refractivity contribution in [2.45, 2.75) is 52.9 Å². The van der Waals surface area contributed by atoms with Crippen LogP contribution in [-0.4, -0.2) is 24.1 Å². The van der Waals surface area contributed by atoms with Gasteiger partial charge in [-0.2, -0.15) is 0 Å². The Kier molecular flexibility index (Phi) is 4.72. The first-order valence-electron chi connectivity index (χ1n) is 7.86. The molecule has 0 saturated carbocycles. The van der Waals surface area contributed by atoms with Crippen molar-refractivity contribution in [3.05, 3.63) is 35.4 Å². The number of hydrogen-bond acceptors (Lipinski definition) is 3. The molecule has 1 saturated heterocycles. The van der Waals surface area contributed by atoms with Crippen molar-refractivity contribution in [2.75, 3.05) is 13.1 Å². The first kappa shape index (κ1) is 16.0. The average molecular weight is 289 g/mol. The van der Waals surface area contributed by atoms with E-state index in [-0.39, 0.29) is 17.3 Å². The van der Waals surface area contributed by atoms with Crippen LogP contribution in [-0.2, 0) is 9.63 Å². The van der Waals surface area contributed by atoms with E-state index in [1.165, 1.54) is 5.56 Å². The topological polar surface area (TPSA) is 29.5 Å². The molecule has 1 unspecified atom stereocenters. The lowest BCUT2D eigenvalue weighted by Crippen LogP contribution is -2.42. The van der Waals surface area contributed by atoms with Crippen LogP contribution in [0.1, 0.15) is 64.0 Å². The number of benzene rings is 1. The summed E-state index contributed by atoms with van der Waals surface area (Å²) in [5.74, 6) is 0.0230. The molecule has 1 aliphatic heterocycles. The Morgan fingerprint density at radius 3 is 2.14 bits per heavy atom. The van der Waals surface area contributed by atoms with Gasteiger partial charge in [-0.25, -0.2) is 4.79 Å². The van der Waals surface area contributed by atoms with E-state index in [9.17, 15) is 4.79 Å². The van der Waals surface area contributed by atoms with E-state index in [0.717, 1.165) is 25.1 Å². The lowest BCUT2D eigenvalue weighted by atomic mass is 9.74. The minimum Gasteiger partial charge on any atom is -0.367 e. The van der Waals surface area contributed by atoms with Gasteiger partial charge in [0, 0.05) is 13.1 Å². The van der Waals surface area contributed by atoms with Crippen molar-refractivity contribution in [1.29, 1.82) is 0 Å². The smallest absolute Gasteiger partial charge is 0.332 e. The molecule has 1 aliphatic rings. The molecule has 1 aromatic carbocycles. The summed E-state index contributed by atoms with van der Waals surface area (Å²) in [5, 5.41) is 1.76. The Labute approximate surface area is 128 Å². The summed E-state index contributed by atoms with van der Waals surface area (Å²) in [6.45, 7) is 12.4. The largest absolute Gasteiger partial charge is 0.367 e. The maximum Gasteiger partial charge on any atom is 0.332 e. The standard InChI is InChI=1S/C18H27NO2/c1-13(2)14-9-6-7-10-15(14)16(18(3,4)5)17(20)21-19-11-8-12-19/h6-7,9-10,13,16H,8,11-12H2,1-5H3.